The van der Waals surface area contributed by atoms with Crippen molar-refractivity contribution in [2.75, 3.05) is 31.2 Å². The molecule has 2 amide bonds. The SMILES string of the molecule is O=C1NC(=S)NC(=O)C1=Cc1ccc(N(CCO)CCO)cc1. The second-order valence-electron chi connectivity index (χ2n) is 4.82. The molecule has 0 saturated carbocycles. The summed E-state index contributed by atoms with van der Waals surface area (Å²) in [4.78, 5) is 25.4. The highest BCUT2D eigenvalue weighted by atomic mass is 32.1. The van der Waals surface area contributed by atoms with Crippen molar-refractivity contribution in [1.29, 1.82) is 0 Å². The Kier molecular flexibility index (Phi) is 5.80. The zero-order valence-corrected chi connectivity index (χ0v) is 13.1. The number of rotatable bonds is 6. The van der Waals surface area contributed by atoms with E-state index in [9.17, 15) is 9.59 Å². The number of amides is 2. The third kappa shape index (κ3) is 4.35. The predicted octanol–water partition coefficient (Wildman–Crippen LogP) is -0.608. The third-order valence-electron chi connectivity index (χ3n) is 3.25. The van der Waals surface area contributed by atoms with E-state index in [0.29, 0.717) is 18.7 Å². The molecule has 23 heavy (non-hydrogen) atoms. The number of benzene rings is 1. The van der Waals surface area contributed by atoms with Crippen LogP contribution < -0.4 is 15.5 Å². The van der Waals surface area contributed by atoms with Crippen LogP contribution in [-0.2, 0) is 9.59 Å². The van der Waals surface area contributed by atoms with Gasteiger partial charge in [-0.1, -0.05) is 12.1 Å². The van der Waals surface area contributed by atoms with Crippen LogP contribution in [0.5, 0.6) is 0 Å². The van der Waals surface area contributed by atoms with Crippen LogP contribution >= 0.6 is 12.2 Å². The predicted molar refractivity (Wildman–Crippen MR) is 89.7 cm³/mol. The fourth-order valence-electron chi connectivity index (χ4n) is 2.17. The second kappa shape index (κ2) is 7.82. The van der Waals surface area contributed by atoms with Crippen LogP contribution in [0, 0.1) is 0 Å². The molecular formula is C15H17N3O4S. The van der Waals surface area contributed by atoms with Crippen molar-refractivity contribution in [2.45, 2.75) is 0 Å². The highest BCUT2D eigenvalue weighted by Crippen LogP contribution is 2.17. The highest BCUT2D eigenvalue weighted by molar-refractivity contribution is 7.80. The van der Waals surface area contributed by atoms with Crippen molar-refractivity contribution in [1.82, 2.24) is 10.6 Å². The Morgan fingerprint density at radius 2 is 1.52 bits per heavy atom. The van der Waals surface area contributed by atoms with E-state index in [1.807, 2.05) is 4.90 Å². The number of anilines is 1. The first-order chi connectivity index (χ1) is 11.0. The van der Waals surface area contributed by atoms with Crippen LogP contribution in [0.25, 0.3) is 6.08 Å². The summed E-state index contributed by atoms with van der Waals surface area (Å²) >= 11 is 4.74. The molecule has 1 aliphatic heterocycles. The van der Waals surface area contributed by atoms with E-state index in [1.165, 1.54) is 6.08 Å². The first-order valence-corrected chi connectivity index (χ1v) is 7.41. The van der Waals surface area contributed by atoms with Crippen LogP contribution in [-0.4, -0.2) is 53.4 Å². The van der Waals surface area contributed by atoms with Crippen molar-refractivity contribution >= 4 is 40.9 Å². The maximum atomic E-state index is 11.8. The Bertz CT molecular complexity index is 615. The summed E-state index contributed by atoms with van der Waals surface area (Å²) in [6.07, 6.45) is 1.47. The number of aliphatic hydroxyl groups excluding tert-OH is 2. The summed E-state index contributed by atoms with van der Waals surface area (Å²) in [6.45, 7) is 0.768. The Morgan fingerprint density at radius 1 is 1.00 bits per heavy atom. The molecule has 8 heteroatoms. The molecule has 1 aliphatic rings. The minimum Gasteiger partial charge on any atom is -0.395 e. The third-order valence-corrected chi connectivity index (χ3v) is 3.46. The van der Waals surface area contributed by atoms with Gasteiger partial charge < -0.3 is 15.1 Å². The van der Waals surface area contributed by atoms with Crippen LogP contribution in [0.1, 0.15) is 5.56 Å². The van der Waals surface area contributed by atoms with Crippen molar-refractivity contribution in [3.05, 3.63) is 35.4 Å². The zero-order chi connectivity index (χ0) is 16.8. The van der Waals surface area contributed by atoms with Gasteiger partial charge in [-0.15, -0.1) is 0 Å². The number of aliphatic hydroxyl groups is 2. The van der Waals surface area contributed by atoms with Crippen molar-refractivity contribution < 1.29 is 19.8 Å². The molecular weight excluding hydrogens is 318 g/mol. The van der Waals surface area contributed by atoms with Crippen LogP contribution in [0.2, 0.25) is 0 Å². The lowest BCUT2D eigenvalue weighted by atomic mass is 10.1. The number of thiocarbonyl (C=S) groups is 1. The van der Waals surface area contributed by atoms with Gasteiger partial charge in [0.25, 0.3) is 11.8 Å². The Morgan fingerprint density at radius 3 is 2.00 bits per heavy atom. The molecule has 1 aromatic carbocycles. The molecule has 2 rings (SSSR count). The van der Waals surface area contributed by atoms with Gasteiger partial charge in [-0.3, -0.25) is 20.2 Å². The van der Waals surface area contributed by atoms with Gasteiger partial charge in [0.15, 0.2) is 5.11 Å². The van der Waals surface area contributed by atoms with E-state index in [2.05, 4.69) is 10.6 Å². The summed E-state index contributed by atoms with van der Waals surface area (Å²) in [5.74, 6) is -1.07. The van der Waals surface area contributed by atoms with E-state index in [1.54, 1.807) is 24.3 Å². The number of nitrogens with zero attached hydrogens (tertiary/aromatic N) is 1. The van der Waals surface area contributed by atoms with Gasteiger partial charge in [0.2, 0.25) is 0 Å². The Labute approximate surface area is 138 Å². The van der Waals surface area contributed by atoms with Crippen LogP contribution in [0.15, 0.2) is 29.8 Å². The topological polar surface area (TPSA) is 102 Å². The second-order valence-corrected chi connectivity index (χ2v) is 5.23. The van der Waals surface area contributed by atoms with Gasteiger partial charge in [0.05, 0.1) is 13.2 Å². The number of hydrogen-bond acceptors (Lipinski definition) is 6. The van der Waals surface area contributed by atoms with E-state index >= 15 is 0 Å². The summed E-state index contributed by atoms with van der Waals surface area (Å²) in [7, 11) is 0. The van der Waals surface area contributed by atoms with Crippen molar-refractivity contribution in [3.63, 3.8) is 0 Å². The van der Waals surface area contributed by atoms with Crippen LogP contribution in [0.4, 0.5) is 5.69 Å². The number of carbonyl (C=O) groups is 2. The molecule has 122 valence electrons. The summed E-state index contributed by atoms with van der Waals surface area (Å²) in [6, 6.07) is 7.08. The molecule has 0 unspecified atom stereocenters. The Balaban J connectivity index is 2.19. The molecule has 0 bridgehead atoms. The molecule has 7 nitrogen and oxygen atoms in total. The summed E-state index contributed by atoms with van der Waals surface area (Å²) in [5, 5.41) is 22.8. The number of hydrogen-bond donors (Lipinski definition) is 4. The normalized spacial score (nSPS) is 14.3. The average molecular weight is 335 g/mol. The fraction of sp³-hybridized carbons (Fsp3) is 0.267. The van der Waals surface area contributed by atoms with Crippen LogP contribution in [0.3, 0.4) is 0 Å². The summed E-state index contributed by atoms with van der Waals surface area (Å²) < 4.78 is 0. The first kappa shape index (κ1) is 17.1. The molecule has 1 saturated heterocycles. The molecule has 1 fully saturated rings. The lowest BCUT2D eigenvalue weighted by Crippen LogP contribution is -2.51. The monoisotopic (exact) mass is 335 g/mol. The minimum absolute atomic E-state index is 0.00357. The molecule has 1 heterocycles. The number of carbonyl (C=O) groups excluding carboxylic acids is 2. The summed E-state index contributed by atoms with van der Waals surface area (Å²) in [5.41, 5.74) is 1.48. The molecule has 0 aromatic heterocycles. The molecule has 4 N–H and O–H groups in total. The van der Waals surface area contributed by atoms with Gasteiger partial charge in [-0.25, -0.2) is 0 Å². The van der Waals surface area contributed by atoms with Gasteiger partial charge in [0, 0.05) is 18.8 Å². The standard InChI is InChI=1S/C15H17N3O4S/c19-7-5-18(6-8-20)11-3-1-10(2-4-11)9-12-13(21)16-15(23)17-14(12)22/h1-4,9,19-20H,5-8H2,(H2,16,17,21,22,23). The molecule has 0 radical (unpaired) electrons. The first-order valence-electron chi connectivity index (χ1n) is 7.00. The lowest BCUT2D eigenvalue weighted by molar-refractivity contribution is -0.123. The maximum absolute atomic E-state index is 11.8. The number of nitrogens with one attached hydrogen (secondary N) is 2. The van der Waals surface area contributed by atoms with Gasteiger partial charge in [-0.05, 0) is 36.0 Å². The van der Waals surface area contributed by atoms with E-state index in [-0.39, 0.29) is 23.9 Å². The van der Waals surface area contributed by atoms with E-state index in [4.69, 9.17) is 22.4 Å². The smallest absolute Gasteiger partial charge is 0.263 e. The largest absolute Gasteiger partial charge is 0.395 e. The highest BCUT2D eigenvalue weighted by Gasteiger charge is 2.25. The van der Waals surface area contributed by atoms with Crippen molar-refractivity contribution in [3.8, 4) is 0 Å². The Hall–Kier alpha value is -2.29. The fourth-order valence-corrected chi connectivity index (χ4v) is 2.35. The molecule has 0 atom stereocenters. The maximum Gasteiger partial charge on any atom is 0.263 e. The van der Waals surface area contributed by atoms with Gasteiger partial charge >= 0.3 is 0 Å². The average Bonchev–Trinajstić information content (AvgIpc) is 2.51. The van der Waals surface area contributed by atoms with Gasteiger partial charge in [0.1, 0.15) is 5.57 Å². The zero-order valence-electron chi connectivity index (χ0n) is 12.3. The molecule has 1 aromatic rings. The molecule has 0 spiro atoms. The lowest BCUT2D eigenvalue weighted by Gasteiger charge is -2.23. The van der Waals surface area contributed by atoms with Gasteiger partial charge in [-0.2, -0.15) is 0 Å². The van der Waals surface area contributed by atoms with Crippen molar-refractivity contribution in [2.24, 2.45) is 0 Å². The molecule has 0 aliphatic carbocycles. The minimum atomic E-state index is -0.537. The van der Waals surface area contributed by atoms with E-state index in [0.717, 1.165) is 5.69 Å². The quantitative estimate of drug-likeness (QED) is 0.314. The van der Waals surface area contributed by atoms with E-state index < -0.39 is 11.8 Å².